The van der Waals surface area contributed by atoms with Gasteiger partial charge in [0.1, 0.15) is 18.1 Å². The average molecular weight is 378 g/mol. The molecule has 0 spiro atoms. The Labute approximate surface area is 153 Å². The Morgan fingerprint density at radius 2 is 1.92 bits per heavy atom. The Kier molecular flexibility index (Phi) is 5.72. The molecule has 0 atom stereocenters. The van der Waals surface area contributed by atoms with E-state index < -0.39 is 5.76 Å². The van der Waals surface area contributed by atoms with E-state index in [2.05, 4.69) is 10.1 Å². The van der Waals surface area contributed by atoms with Gasteiger partial charge in [-0.1, -0.05) is 23.0 Å². The molecular formula is C18H16F2N2O3S. The molecule has 0 aliphatic carbocycles. The topological polar surface area (TPSA) is 57.4 Å². The van der Waals surface area contributed by atoms with Crippen LogP contribution in [0.2, 0.25) is 0 Å². The van der Waals surface area contributed by atoms with Crippen LogP contribution < -0.4 is 9.47 Å². The third-order valence-corrected chi connectivity index (χ3v) is 4.26. The second-order valence-corrected chi connectivity index (χ2v) is 6.35. The molecule has 0 fully saturated rings. The highest BCUT2D eigenvalue weighted by Gasteiger charge is 2.12. The van der Waals surface area contributed by atoms with Gasteiger partial charge in [0.25, 0.3) is 5.76 Å². The summed E-state index contributed by atoms with van der Waals surface area (Å²) in [5, 5.41) is 3.86. The maximum atomic E-state index is 12.5. The van der Waals surface area contributed by atoms with E-state index in [0.717, 1.165) is 11.1 Å². The number of benzene rings is 2. The number of aromatic nitrogens is 2. The van der Waals surface area contributed by atoms with Crippen molar-refractivity contribution in [3.63, 3.8) is 0 Å². The molecule has 0 amide bonds. The zero-order chi connectivity index (χ0) is 18.5. The van der Waals surface area contributed by atoms with Crippen LogP contribution in [-0.2, 0) is 6.61 Å². The molecule has 26 heavy (non-hydrogen) atoms. The van der Waals surface area contributed by atoms with Gasteiger partial charge in [-0.15, -0.1) is 0 Å². The molecule has 1 aromatic heterocycles. The maximum absolute atomic E-state index is 12.5. The number of alkyl halides is 2. The van der Waals surface area contributed by atoms with E-state index in [1.807, 2.05) is 12.1 Å². The van der Waals surface area contributed by atoms with Gasteiger partial charge in [0, 0.05) is 12.5 Å². The molecule has 0 radical (unpaired) electrons. The summed E-state index contributed by atoms with van der Waals surface area (Å²) in [6, 6.07) is 12.3. The normalized spacial score (nSPS) is 11.0. The lowest BCUT2D eigenvalue weighted by molar-refractivity contribution is 0.251. The van der Waals surface area contributed by atoms with Crippen LogP contribution in [0.5, 0.6) is 11.5 Å². The van der Waals surface area contributed by atoms with Gasteiger partial charge >= 0.3 is 0 Å². The fourth-order valence-corrected chi connectivity index (χ4v) is 2.88. The van der Waals surface area contributed by atoms with Crippen LogP contribution in [0, 0.1) is 6.92 Å². The van der Waals surface area contributed by atoms with Crippen molar-refractivity contribution in [1.82, 2.24) is 10.1 Å². The Bertz CT molecular complexity index is 869. The molecule has 3 aromatic rings. The van der Waals surface area contributed by atoms with Crippen LogP contribution in [0.3, 0.4) is 0 Å². The van der Waals surface area contributed by atoms with Crippen LogP contribution in [0.1, 0.15) is 11.5 Å². The Morgan fingerprint density at radius 1 is 1.15 bits per heavy atom. The van der Waals surface area contributed by atoms with Gasteiger partial charge in [-0.25, -0.2) is 0 Å². The summed E-state index contributed by atoms with van der Waals surface area (Å²) in [6.07, 6.45) is 0. The second kappa shape index (κ2) is 8.18. The molecule has 8 heteroatoms. The Morgan fingerprint density at radius 3 is 2.54 bits per heavy atom. The van der Waals surface area contributed by atoms with Crippen molar-refractivity contribution in [3.8, 4) is 22.9 Å². The quantitative estimate of drug-likeness (QED) is 0.543. The first kappa shape index (κ1) is 18.2. The Balaban J connectivity index is 1.65. The minimum Gasteiger partial charge on any atom is -0.496 e. The van der Waals surface area contributed by atoms with Crippen LogP contribution in [-0.4, -0.2) is 23.0 Å². The molecule has 1 heterocycles. The van der Waals surface area contributed by atoms with Gasteiger partial charge in [-0.3, -0.25) is 0 Å². The summed E-state index contributed by atoms with van der Waals surface area (Å²) >= 11 is 0.455. The smallest absolute Gasteiger partial charge is 0.289 e. The van der Waals surface area contributed by atoms with Crippen LogP contribution in [0.15, 0.2) is 51.9 Å². The number of aryl methyl sites for hydroxylation is 1. The van der Waals surface area contributed by atoms with Gasteiger partial charge in [0.15, 0.2) is 0 Å². The molecular weight excluding hydrogens is 362 g/mol. The summed E-state index contributed by atoms with van der Waals surface area (Å²) in [7, 11) is 1.45. The minimum atomic E-state index is -2.49. The molecule has 2 aromatic carbocycles. The number of hydrogen-bond acceptors (Lipinski definition) is 6. The highest BCUT2D eigenvalue weighted by atomic mass is 32.2. The molecule has 0 saturated heterocycles. The zero-order valence-corrected chi connectivity index (χ0v) is 14.9. The van der Waals surface area contributed by atoms with E-state index in [9.17, 15) is 8.78 Å². The number of methoxy groups -OCH3 is 1. The molecule has 0 bridgehead atoms. The van der Waals surface area contributed by atoms with Crippen molar-refractivity contribution >= 4 is 11.8 Å². The molecule has 0 aliphatic heterocycles. The molecule has 0 unspecified atom stereocenters. The Hall–Kier alpha value is -2.61. The number of rotatable bonds is 7. The lowest BCUT2D eigenvalue weighted by Gasteiger charge is -2.11. The van der Waals surface area contributed by atoms with Crippen molar-refractivity contribution in [2.75, 3.05) is 7.11 Å². The molecule has 0 N–H and O–H groups in total. The summed E-state index contributed by atoms with van der Waals surface area (Å²) < 4.78 is 40.9. The number of nitrogens with zero attached hydrogens (tertiary/aromatic N) is 2. The predicted octanol–water partition coefficient (Wildman–Crippen LogP) is 4.95. The predicted molar refractivity (Wildman–Crippen MR) is 93.7 cm³/mol. The van der Waals surface area contributed by atoms with Crippen LogP contribution >= 0.6 is 11.8 Å². The van der Waals surface area contributed by atoms with Gasteiger partial charge in [0.05, 0.1) is 12.0 Å². The van der Waals surface area contributed by atoms with Crippen molar-refractivity contribution < 1.29 is 22.8 Å². The molecule has 0 saturated carbocycles. The van der Waals surface area contributed by atoms with Gasteiger partial charge in [0.2, 0.25) is 11.7 Å². The number of ether oxygens (including phenoxy) is 2. The number of thioether (sulfide) groups is 1. The van der Waals surface area contributed by atoms with Gasteiger partial charge in [-0.2, -0.15) is 13.8 Å². The summed E-state index contributed by atoms with van der Waals surface area (Å²) in [5.74, 6) is -0.403. The first-order chi connectivity index (χ1) is 12.5. The monoisotopic (exact) mass is 378 g/mol. The lowest BCUT2D eigenvalue weighted by atomic mass is 10.2. The summed E-state index contributed by atoms with van der Waals surface area (Å²) in [6.45, 7) is 2.02. The highest BCUT2D eigenvalue weighted by Crippen LogP contribution is 2.34. The van der Waals surface area contributed by atoms with E-state index in [-0.39, 0.29) is 6.61 Å². The first-order valence-electron chi connectivity index (χ1n) is 7.70. The van der Waals surface area contributed by atoms with Crippen molar-refractivity contribution in [2.24, 2.45) is 0 Å². The van der Waals surface area contributed by atoms with Crippen molar-refractivity contribution in [1.29, 1.82) is 0 Å². The van der Waals surface area contributed by atoms with E-state index in [4.69, 9.17) is 14.0 Å². The van der Waals surface area contributed by atoms with Crippen molar-refractivity contribution in [2.45, 2.75) is 24.2 Å². The van der Waals surface area contributed by atoms with E-state index in [1.165, 1.54) is 7.11 Å². The number of halogens is 2. The molecule has 0 aliphatic rings. The van der Waals surface area contributed by atoms with Gasteiger partial charge in [-0.05, 0) is 42.0 Å². The zero-order valence-electron chi connectivity index (χ0n) is 14.1. The lowest BCUT2D eigenvalue weighted by Crippen LogP contribution is -1.97. The third kappa shape index (κ3) is 4.51. The fraction of sp³-hybridized carbons (Fsp3) is 0.222. The van der Waals surface area contributed by atoms with Gasteiger partial charge < -0.3 is 14.0 Å². The fourth-order valence-electron chi connectivity index (χ4n) is 2.28. The van der Waals surface area contributed by atoms with Crippen LogP contribution in [0.4, 0.5) is 8.78 Å². The van der Waals surface area contributed by atoms with Crippen LogP contribution in [0.25, 0.3) is 11.4 Å². The van der Waals surface area contributed by atoms with E-state index >= 15 is 0 Å². The SMILES string of the molecule is COc1cc(COc2ccc(-c3noc(C)n3)cc2)ccc1SC(F)F. The number of hydrogen-bond donors (Lipinski definition) is 0. The average Bonchev–Trinajstić information content (AvgIpc) is 3.07. The largest absolute Gasteiger partial charge is 0.496 e. The van der Waals surface area contributed by atoms with Crippen molar-refractivity contribution in [3.05, 3.63) is 53.9 Å². The molecule has 136 valence electrons. The minimum absolute atomic E-state index is 0.288. The van der Waals surface area contributed by atoms with E-state index in [0.29, 0.717) is 39.9 Å². The molecule has 5 nitrogen and oxygen atoms in total. The maximum Gasteiger partial charge on any atom is 0.289 e. The first-order valence-corrected chi connectivity index (χ1v) is 8.58. The third-order valence-electron chi connectivity index (χ3n) is 3.49. The highest BCUT2D eigenvalue weighted by molar-refractivity contribution is 7.99. The van der Waals surface area contributed by atoms with E-state index in [1.54, 1.807) is 37.3 Å². The summed E-state index contributed by atoms with van der Waals surface area (Å²) in [5.41, 5.74) is 1.64. The molecule has 3 rings (SSSR count). The summed E-state index contributed by atoms with van der Waals surface area (Å²) in [4.78, 5) is 4.56. The second-order valence-electron chi connectivity index (χ2n) is 5.31. The standard InChI is InChI=1S/C18H16F2N2O3S/c1-11-21-17(22-25-11)13-4-6-14(7-5-13)24-10-12-3-8-16(26-18(19)20)15(9-12)23-2/h3-9,18H,10H2,1-2H3.